The van der Waals surface area contributed by atoms with Gasteiger partial charge in [0.05, 0.1) is 0 Å². The minimum Gasteiger partial charge on any atom is -0.329 e. The SMILES string of the molecule is C[C@H](CN)NCc1c(F)cccc1F. The highest BCUT2D eigenvalue weighted by Crippen LogP contribution is 2.11. The highest BCUT2D eigenvalue weighted by Gasteiger charge is 2.08. The van der Waals surface area contributed by atoms with E-state index < -0.39 is 11.6 Å². The van der Waals surface area contributed by atoms with Crippen LogP contribution in [0.15, 0.2) is 18.2 Å². The van der Waals surface area contributed by atoms with Gasteiger partial charge >= 0.3 is 0 Å². The Morgan fingerprint density at radius 2 is 1.93 bits per heavy atom. The third-order valence-corrected chi connectivity index (χ3v) is 2.04. The summed E-state index contributed by atoms with van der Waals surface area (Å²) < 4.78 is 26.2. The van der Waals surface area contributed by atoms with E-state index in [1.165, 1.54) is 18.2 Å². The molecule has 78 valence electrons. The molecule has 0 heterocycles. The lowest BCUT2D eigenvalue weighted by atomic mass is 10.2. The van der Waals surface area contributed by atoms with Crippen LogP contribution in [0.5, 0.6) is 0 Å². The Hall–Kier alpha value is -1.00. The first kappa shape index (κ1) is 11.1. The average Bonchev–Trinajstić information content (AvgIpc) is 2.16. The van der Waals surface area contributed by atoms with Gasteiger partial charge < -0.3 is 11.1 Å². The molecule has 0 radical (unpaired) electrons. The largest absolute Gasteiger partial charge is 0.329 e. The first-order chi connectivity index (χ1) is 6.65. The Kier molecular flexibility index (Phi) is 3.98. The third kappa shape index (κ3) is 2.75. The molecule has 0 aliphatic heterocycles. The molecular formula is C10H14F2N2. The highest BCUT2D eigenvalue weighted by atomic mass is 19.1. The number of nitrogens with one attached hydrogen (secondary N) is 1. The van der Waals surface area contributed by atoms with E-state index in [4.69, 9.17) is 5.73 Å². The maximum atomic E-state index is 13.1. The van der Waals surface area contributed by atoms with Gasteiger partial charge in [-0.1, -0.05) is 6.07 Å². The van der Waals surface area contributed by atoms with Crippen molar-refractivity contribution in [3.63, 3.8) is 0 Å². The molecule has 2 nitrogen and oxygen atoms in total. The molecule has 0 bridgehead atoms. The number of hydrogen-bond acceptors (Lipinski definition) is 2. The van der Waals surface area contributed by atoms with E-state index in [1.54, 1.807) is 0 Å². The standard InChI is InChI=1S/C10H14F2N2/c1-7(5-13)14-6-8-9(11)3-2-4-10(8)12/h2-4,7,14H,5-6,13H2,1H3/t7-/m1/s1. The lowest BCUT2D eigenvalue weighted by molar-refractivity contribution is 0.503. The molecule has 0 fully saturated rings. The number of nitrogens with two attached hydrogens (primary N) is 1. The van der Waals surface area contributed by atoms with E-state index in [2.05, 4.69) is 5.32 Å². The van der Waals surface area contributed by atoms with Gasteiger partial charge in [-0.3, -0.25) is 0 Å². The van der Waals surface area contributed by atoms with Crippen molar-refractivity contribution in [3.8, 4) is 0 Å². The van der Waals surface area contributed by atoms with Crippen molar-refractivity contribution in [2.75, 3.05) is 6.54 Å². The van der Waals surface area contributed by atoms with E-state index in [0.29, 0.717) is 6.54 Å². The number of hydrogen-bond donors (Lipinski definition) is 2. The molecule has 0 aliphatic rings. The van der Waals surface area contributed by atoms with Crippen LogP contribution in [-0.2, 0) is 6.54 Å². The van der Waals surface area contributed by atoms with Crippen molar-refractivity contribution < 1.29 is 8.78 Å². The Balaban J connectivity index is 2.66. The van der Waals surface area contributed by atoms with Crippen LogP contribution < -0.4 is 11.1 Å². The molecule has 1 rings (SSSR count). The second-order valence-corrected chi connectivity index (χ2v) is 3.22. The fourth-order valence-electron chi connectivity index (χ4n) is 1.06. The van der Waals surface area contributed by atoms with Crippen molar-refractivity contribution in [2.45, 2.75) is 19.5 Å². The van der Waals surface area contributed by atoms with Gasteiger partial charge in [0.2, 0.25) is 0 Å². The second-order valence-electron chi connectivity index (χ2n) is 3.22. The molecule has 0 saturated carbocycles. The smallest absolute Gasteiger partial charge is 0.130 e. The molecule has 0 saturated heterocycles. The van der Waals surface area contributed by atoms with Gasteiger partial charge in [-0.05, 0) is 19.1 Å². The maximum Gasteiger partial charge on any atom is 0.130 e. The Labute approximate surface area is 82.1 Å². The summed E-state index contributed by atoms with van der Waals surface area (Å²) in [6.07, 6.45) is 0. The summed E-state index contributed by atoms with van der Waals surface area (Å²) in [6, 6.07) is 3.88. The van der Waals surface area contributed by atoms with Crippen LogP contribution in [0.25, 0.3) is 0 Å². The van der Waals surface area contributed by atoms with Gasteiger partial charge in [0, 0.05) is 24.7 Å². The van der Waals surface area contributed by atoms with E-state index in [9.17, 15) is 8.78 Å². The molecular weight excluding hydrogens is 186 g/mol. The highest BCUT2D eigenvalue weighted by molar-refractivity contribution is 5.19. The van der Waals surface area contributed by atoms with Gasteiger partial charge in [-0.2, -0.15) is 0 Å². The Bertz CT molecular complexity index is 282. The van der Waals surface area contributed by atoms with Crippen molar-refractivity contribution in [2.24, 2.45) is 5.73 Å². The predicted octanol–water partition coefficient (Wildman–Crippen LogP) is 1.40. The molecule has 4 heteroatoms. The van der Waals surface area contributed by atoms with E-state index >= 15 is 0 Å². The molecule has 1 aromatic rings. The molecule has 0 spiro atoms. The predicted molar refractivity (Wildman–Crippen MR) is 51.7 cm³/mol. The third-order valence-electron chi connectivity index (χ3n) is 2.04. The molecule has 1 atom stereocenters. The zero-order valence-corrected chi connectivity index (χ0v) is 8.06. The van der Waals surface area contributed by atoms with E-state index in [-0.39, 0.29) is 18.2 Å². The number of halogens is 2. The van der Waals surface area contributed by atoms with Crippen LogP contribution in [-0.4, -0.2) is 12.6 Å². The molecule has 0 amide bonds. The summed E-state index contributed by atoms with van der Waals surface area (Å²) in [5.41, 5.74) is 5.43. The molecule has 3 N–H and O–H groups in total. The summed E-state index contributed by atoms with van der Waals surface area (Å²) in [4.78, 5) is 0. The molecule has 1 aromatic carbocycles. The van der Waals surface area contributed by atoms with Gasteiger partial charge in [0.25, 0.3) is 0 Å². The van der Waals surface area contributed by atoms with E-state index in [0.717, 1.165) is 0 Å². The number of rotatable bonds is 4. The summed E-state index contributed by atoms with van der Waals surface area (Å²) >= 11 is 0. The zero-order chi connectivity index (χ0) is 10.6. The minimum absolute atomic E-state index is 0.0500. The van der Waals surface area contributed by atoms with Crippen molar-refractivity contribution in [3.05, 3.63) is 35.4 Å². The van der Waals surface area contributed by atoms with Crippen LogP contribution in [0.4, 0.5) is 8.78 Å². The van der Waals surface area contributed by atoms with Crippen LogP contribution in [0, 0.1) is 11.6 Å². The van der Waals surface area contributed by atoms with Gasteiger partial charge in [-0.25, -0.2) is 8.78 Å². The van der Waals surface area contributed by atoms with Crippen molar-refractivity contribution in [1.82, 2.24) is 5.32 Å². The maximum absolute atomic E-state index is 13.1. The zero-order valence-electron chi connectivity index (χ0n) is 8.06. The lowest BCUT2D eigenvalue weighted by Crippen LogP contribution is -2.33. The summed E-state index contributed by atoms with van der Waals surface area (Å²) in [5.74, 6) is -1.05. The minimum atomic E-state index is -0.526. The summed E-state index contributed by atoms with van der Waals surface area (Å²) in [6.45, 7) is 2.46. The normalized spacial score (nSPS) is 12.9. The molecule has 14 heavy (non-hydrogen) atoms. The fourth-order valence-corrected chi connectivity index (χ4v) is 1.06. The topological polar surface area (TPSA) is 38.0 Å². The quantitative estimate of drug-likeness (QED) is 0.771. The average molecular weight is 200 g/mol. The van der Waals surface area contributed by atoms with Gasteiger partial charge in [-0.15, -0.1) is 0 Å². The van der Waals surface area contributed by atoms with Crippen molar-refractivity contribution >= 4 is 0 Å². The van der Waals surface area contributed by atoms with E-state index in [1.807, 2.05) is 6.92 Å². The number of benzene rings is 1. The molecule has 0 aliphatic carbocycles. The van der Waals surface area contributed by atoms with Crippen molar-refractivity contribution in [1.29, 1.82) is 0 Å². The summed E-state index contributed by atoms with van der Waals surface area (Å²) in [7, 11) is 0. The Morgan fingerprint density at radius 1 is 1.36 bits per heavy atom. The van der Waals surface area contributed by atoms with Gasteiger partial charge in [0.15, 0.2) is 0 Å². The van der Waals surface area contributed by atoms with Crippen LogP contribution in [0.3, 0.4) is 0 Å². The van der Waals surface area contributed by atoms with Crippen LogP contribution >= 0.6 is 0 Å². The first-order valence-electron chi connectivity index (χ1n) is 4.51. The van der Waals surface area contributed by atoms with Crippen LogP contribution in [0.2, 0.25) is 0 Å². The first-order valence-corrected chi connectivity index (χ1v) is 4.51. The second kappa shape index (κ2) is 5.02. The Morgan fingerprint density at radius 3 is 2.43 bits per heavy atom. The molecule has 0 unspecified atom stereocenters. The van der Waals surface area contributed by atoms with Gasteiger partial charge in [0.1, 0.15) is 11.6 Å². The monoisotopic (exact) mass is 200 g/mol. The van der Waals surface area contributed by atoms with Crippen LogP contribution in [0.1, 0.15) is 12.5 Å². The lowest BCUT2D eigenvalue weighted by Gasteiger charge is -2.11. The fraction of sp³-hybridized carbons (Fsp3) is 0.400. The molecule has 0 aromatic heterocycles. The summed E-state index contributed by atoms with van der Waals surface area (Å²) in [5, 5.41) is 2.93.